The predicted molar refractivity (Wildman–Crippen MR) is 76.0 cm³/mol. The first-order valence-electron chi connectivity index (χ1n) is 5.68. The van der Waals surface area contributed by atoms with E-state index in [2.05, 4.69) is 34.5 Å². The van der Waals surface area contributed by atoms with E-state index in [1.54, 1.807) is 0 Å². The van der Waals surface area contributed by atoms with Gasteiger partial charge in [-0.15, -0.1) is 23.2 Å². The van der Waals surface area contributed by atoms with E-state index in [1.807, 2.05) is 0 Å². The molecule has 0 amide bonds. The molecule has 0 aliphatic rings. The van der Waals surface area contributed by atoms with Gasteiger partial charge in [-0.1, -0.05) is 12.1 Å². The fraction of sp³-hybridized carbons (Fsp3) is 0.500. The van der Waals surface area contributed by atoms with E-state index < -0.39 is 0 Å². The van der Waals surface area contributed by atoms with Crippen molar-refractivity contribution in [2.75, 3.05) is 36.4 Å². The molecule has 0 spiro atoms. The molecule has 0 bridgehead atoms. The van der Waals surface area contributed by atoms with Crippen molar-refractivity contribution in [1.82, 2.24) is 5.32 Å². The van der Waals surface area contributed by atoms with Crippen molar-refractivity contribution >= 4 is 28.9 Å². The van der Waals surface area contributed by atoms with Crippen LogP contribution < -0.4 is 16.0 Å². The van der Waals surface area contributed by atoms with E-state index in [1.165, 1.54) is 5.56 Å². The third kappa shape index (κ3) is 5.13. The highest BCUT2D eigenvalue weighted by molar-refractivity contribution is 6.18. The van der Waals surface area contributed by atoms with Crippen molar-refractivity contribution in [2.24, 2.45) is 5.73 Å². The number of halogens is 2. The van der Waals surface area contributed by atoms with E-state index in [9.17, 15) is 0 Å². The Morgan fingerprint density at radius 1 is 1.06 bits per heavy atom. The van der Waals surface area contributed by atoms with Crippen LogP contribution in [0.3, 0.4) is 0 Å². The highest BCUT2D eigenvalue weighted by Gasteiger charge is 2.04. The average Bonchev–Trinajstić information content (AvgIpc) is 2.37. The van der Waals surface area contributed by atoms with Crippen molar-refractivity contribution in [3.05, 3.63) is 29.8 Å². The third-order valence-electron chi connectivity index (χ3n) is 2.48. The second kappa shape index (κ2) is 8.59. The van der Waals surface area contributed by atoms with Crippen LogP contribution >= 0.6 is 23.2 Å². The van der Waals surface area contributed by atoms with Gasteiger partial charge in [-0.05, 0) is 17.7 Å². The van der Waals surface area contributed by atoms with Gasteiger partial charge in [0, 0.05) is 43.8 Å². The van der Waals surface area contributed by atoms with Gasteiger partial charge >= 0.3 is 0 Å². The van der Waals surface area contributed by atoms with Gasteiger partial charge in [-0.2, -0.15) is 0 Å². The third-order valence-corrected chi connectivity index (χ3v) is 2.82. The molecule has 3 N–H and O–H groups in total. The van der Waals surface area contributed by atoms with Crippen molar-refractivity contribution in [3.63, 3.8) is 0 Å². The topological polar surface area (TPSA) is 41.3 Å². The minimum absolute atomic E-state index is 0.492. The highest BCUT2D eigenvalue weighted by atomic mass is 35.5. The zero-order valence-corrected chi connectivity index (χ0v) is 11.3. The Labute approximate surface area is 113 Å². The summed E-state index contributed by atoms with van der Waals surface area (Å²) in [6, 6.07) is 8.36. The molecule has 5 heteroatoms. The van der Waals surface area contributed by atoms with E-state index in [-0.39, 0.29) is 0 Å². The van der Waals surface area contributed by atoms with Crippen LogP contribution in [0.5, 0.6) is 0 Å². The van der Waals surface area contributed by atoms with Crippen LogP contribution in [0, 0.1) is 0 Å². The lowest BCUT2D eigenvalue weighted by Gasteiger charge is -2.23. The average molecular weight is 276 g/mol. The van der Waals surface area contributed by atoms with E-state index >= 15 is 0 Å². The Kier molecular flexibility index (Phi) is 7.37. The lowest BCUT2D eigenvalue weighted by molar-refractivity contribution is 0.709. The molecule has 0 aliphatic heterocycles. The molecule has 0 unspecified atom stereocenters. The Morgan fingerprint density at radius 2 is 1.65 bits per heavy atom. The molecular weight excluding hydrogens is 257 g/mol. The van der Waals surface area contributed by atoms with Gasteiger partial charge in [-0.25, -0.2) is 0 Å². The first kappa shape index (κ1) is 14.6. The maximum atomic E-state index is 5.77. The fourth-order valence-electron chi connectivity index (χ4n) is 1.62. The van der Waals surface area contributed by atoms with Gasteiger partial charge in [0.05, 0.1) is 0 Å². The molecule has 96 valence electrons. The zero-order chi connectivity index (χ0) is 12.5. The second-order valence-electron chi connectivity index (χ2n) is 3.66. The minimum atomic E-state index is 0.492. The van der Waals surface area contributed by atoms with Gasteiger partial charge in [-0.3, -0.25) is 0 Å². The van der Waals surface area contributed by atoms with E-state index in [4.69, 9.17) is 28.9 Å². The number of alkyl halides is 2. The molecule has 1 aromatic rings. The van der Waals surface area contributed by atoms with Gasteiger partial charge in [0.2, 0.25) is 0 Å². The summed E-state index contributed by atoms with van der Waals surface area (Å²) in [5, 5.41) is 3.09. The number of anilines is 1. The lowest BCUT2D eigenvalue weighted by atomic mass is 10.2. The standard InChI is InChI=1S/C12H19Cl2N3/c13-5-7-17(8-6-14)12-3-1-11(2-4-12)9-16-10-15/h1-4,16H,5-10,15H2. The summed E-state index contributed by atoms with van der Waals surface area (Å²) in [5.74, 6) is 1.21. The molecular formula is C12H19Cl2N3. The molecule has 0 atom stereocenters. The number of hydrogen-bond acceptors (Lipinski definition) is 3. The summed E-state index contributed by atoms with van der Waals surface area (Å²) >= 11 is 11.5. The molecule has 1 rings (SSSR count). The van der Waals surface area contributed by atoms with Crippen LogP contribution in [0.25, 0.3) is 0 Å². The van der Waals surface area contributed by atoms with Crippen LogP contribution in [0.4, 0.5) is 5.69 Å². The summed E-state index contributed by atoms with van der Waals surface area (Å²) in [5.41, 5.74) is 7.76. The molecule has 0 radical (unpaired) electrons. The Bertz CT molecular complexity index is 297. The van der Waals surface area contributed by atoms with Crippen molar-refractivity contribution in [2.45, 2.75) is 6.54 Å². The Hall–Kier alpha value is -0.480. The molecule has 0 saturated carbocycles. The summed E-state index contributed by atoms with van der Waals surface area (Å²) in [6.07, 6.45) is 0. The molecule has 0 saturated heterocycles. The molecule has 0 aromatic heterocycles. The first-order chi connectivity index (χ1) is 8.31. The molecule has 0 fully saturated rings. The van der Waals surface area contributed by atoms with Crippen LogP contribution in [0.1, 0.15) is 5.56 Å². The Balaban J connectivity index is 2.63. The van der Waals surface area contributed by atoms with Crippen molar-refractivity contribution < 1.29 is 0 Å². The maximum absolute atomic E-state index is 5.77. The normalized spacial score (nSPS) is 10.5. The summed E-state index contributed by atoms with van der Waals surface area (Å²) in [6.45, 7) is 2.91. The number of nitrogens with two attached hydrogens (primary N) is 1. The smallest absolute Gasteiger partial charge is 0.0431 e. The van der Waals surface area contributed by atoms with Gasteiger partial charge < -0.3 is 16.0 Å². The number of nitrogens with zero attached hydrogens (tertiary/aromatic N) is 1. The first-order valence-corrected chi connectivity index (χ1v) is 6.75. The van der Waals surface area contributed by atoms with Gasteiger partial charge in [0.25, 0.3) is 0 Å². The number of benzene rings is 1. The summed E-state index contributed by atoms with van der Waals surface area (Å²) in [7, 11) is 0. The van der Waals surface area contributed by atoms with Crippen LogP contribution in [0.15, 0.2) is 24.3 Å². The fourth-order valence-corrected chi connectivity index (χ4v) is 2.02. The molecule has 0 aliphatic carbocycles. The highest BCUT2D eigenvalue weighted by Crippen LogP contribution is 2.15. The summed E-state index contributed by atoms with van der Waals surface area (Å²) < 4.78 is 0. The van der Waals surface area contributed by atoms with Crippen molar-refractivity contribution in [1.29, 1.82) is 0 Å². The second-order valence-corrected chi connectivity index (χ2v) is 4.42. The Morgan fingerprint density at radius 3 is 2.12 bits per heavy atom. The van der Waals surface area contributed by atoms with Crippen LogP contribution in [-0.2, 0) is 6.54 Å². The lowest BCUT2D eigenvalue weighted by Crippen LogP contribution is -2.27. The number of rotatable bonds is 8. The molecule has 0 heterocycles. The minimum Gasteiger partial charge on any atom is -0.369 e. The SMILES string of the molecule is NCNCc1ccc(N(CCCl)CCCl)cc1. The van der Waals surface area contributed by atoms with E-state index in [0.717, 1.165) is 25.3 Å². The van der Waals surface area contributed by atoms with Gasteiger partial charge in [0.1, 0.15) is 0 Å². The quantitative estimate of drug-likeness (QED) is 0.563. The maximum Gasteiger partial charge on any atom is 0.0431 e. The number of nitrogens with one attached hydrogen (secondary N) is 1. The van der Waals surface area contributed by atoms with Crippen molar-refractivity contribution in [3.8, 4) is 0 Å². The summed E-state index contributed by atoms with van der Waals surface area (Å²) in [4.78, 5) is 2.18. The number of hydrogen-bond donors (Lipinski definition) is 2. The molecule has 17 heavy (non-hydrogen) atoms. The van der Waals surface area contributed by atoms with Crippen LogP contribution in [0.2, 0.25) is 0 Å². The molecule has 1 aromatic carbocycles. The predicted octanol–water partition coefficient (Wildman–Crippen LogP) is 1.98. The van der Waals surface area contributed by atoms with Gasteiger partial charge in [0.15, 0.2) is 0 Å². The zero-order valence-electron chi connectivity index (χ0n) is 9.83. The monoisotopic (exact) mass is 275 g/mol. The largest absolute Gasteiger partial charge is 0.369 e. The van der Waals surface area contributed by atoms with Crippen LogP contribution in [-0.4, -0.2) is 31.5 Å². The molecule has 3 nitrogen and oxygen atoms in total. The van der Waals surface area contributed by atoms with E-state index in [0.29, 0.717) is 18.4 Å².